The molecule has 5 rings (SSSR count). The molecular formula is C23H17F4N5O. The Morgan fingerprint density at radius 2 is 1.70 bits per heavy atom. The van der Waals surface area contributed by atoms with Gasteiger partial charge in [-0.25, -0.2) is 14.4 Å². The third-order valence-corrected chi connectivity index (χ3v) is 5.57. The first-order valence-corrected chi connectivity index (χ1v) is 10.2. The van der Waals surface area contributed by atoms with Crippen LogP contribution in [0.15, 0.2) is 71.2 Å². The van der Waals surface area contributed by atoms with Crippen LogP contribution in [0.4, 0.5) is 17.6 Å². The summed E-state index contributed by atoms with van der Waals surface area (Å²) in [5.74, 6) is -0.158. The summed E-state index contributed by atoms with van der Waals surface area (Å²) in [5, 5.41) is 0. The minimum atomic E-state index is -4.79. The molecular weight excluding hydrogens is 438 g/mol. The fraction of sp³-hybridized carbons (Fsp3) is 0.217. The minimum Gasteiger partial charge on any atom is -0.406 e. The number of hydrogen-bond donors (Lipinski definition) is 0. The van der Waals surface area contributed by atoms with Crippen molar-refractivity contribution in [2.45, 2.75) is 18.3 Å². The Bertz CT molecular complexity index is 1230. The van der Waals surface area contributed by atoms with Crippen molar-refractivity contribution in [3.8, 4) is 16.9 Å². The van der Waals surface area contributed by atoms with Gasteiger partial charge in [-0.3, -0.25) is 9.98 Å². The van der Waals surface area contributed by atoms with Crippen LogP contribution in [0.2, 0.25) is 0 Å². The quantitative estimate of drug-likeness (QED) is 0.541. The molecule has 0 amide bonds. The molecule has 0 radical (unpaired) electrons. The van der Waals surface area contributed by atoms with Gasteiger partial charge in [0.15, 0.2) is 5.54 Å². The van der Waals surface area contributed by atoms with E-state index < -0.39 is 17.7 Å². The maximum Gasteiger partial charge on any atom is 0.573 e. The summed E-state index contributed by atoms with van der Waals surface area (Å²) >= 11 is 0. The van der Waals surface area contributed by atoms with Crippen molar-refractivity contribution in [3.63, 3.8) is 0 Å². The first-order valence-electron chi connectivity index (χ1n) is 10.2. The fourth-order valence-corrected chi connectivity index (χ4v) is 4.15. The van der Waals surface area contributed by atoms with Gasteiger partial charge in [0, 0.05) is 36.6 Å². The SMILES string of the molecule is Fc1ccc(C2(c3ccc(OC(F)(F)F)cc3)N=CN3CCCN=C32)cc1-c1cncnc1. The monoisotopic (exact) mass is 455 g/mol. The lowest BCUT2D eigenvalue weighted by molar-refractivity contribution is -0.274. The van der Waals surface area contributed by atoms with E-state index in [1.807, 2.05) is 4.90 Å². The Morgan fingerprint density at radius 3 is 2.42 bits per heavy atom. The van der Waals surface area contributed by atoms with Crippen LogP contribution in [0.5, 0.6) is 5.75 Å². The molecule has 0 saturated carbocycles. The zero-order valence-electron chi connectivity index (χ0n) is 17.1. The summed E-state index contributed by atoms with van der Waals surface area (Å²) in [6.07, 6.45) is 2.10. The van der Waals surface area contributed by atoms with Crippen molar-refractivity contribution < 1.29 is 22.3 Å². The highest BCUT2D eigenvalue weighted by Gasteiger charge is 2.46. The number of fused-ring (bicyclic) bond motifs is 1. The maximum absolute atomic E-state index is 14.8. The Hall–Kier alpha value is -3.82. The Morgan fingerprint density at radius 1 is 0.970 bits per heavy atom. The zero-order chi connectivity index (χ0) is 23.1. The maximum atomic E-state index is 14.8. The number of nitrogens with zero attached hydrogens (tertiary/aromatic N) is 5. The number of hydrogen-bond acceptors (Lipinski definition) is 6. The average Bonchev–Trinajstić information content (AvgIpc) is 3.20. The van der Waals surface area contributed by atoms with Gasteiger partial charge in [-0.15, -0.1) is 13.2 Å². The lowest BCUT2D eigenvalue weighted by atomic mass is 9.81. The van der Waals surface area contributed by atoms with E-state index in [0.29, 0.717) is 35.6 Å². The van der Waals surface area contributed by atoms with Crippen LogP contribution in [-0.4, -0.2) is 46.5 Å². The second-order valence-corrected chi connectivity index (χ2v) is 7.60. The Labute approximate surface area is 186 Å². The lowest BCUT2D eigenvalue weighted by Gasteiger charge is -2.33. The van der Waals surface area contributed by atoms with Gasteiger partial charge in [-0.1, -0.05) is 18.2 Å². The summed E-state index contributed by atoms with van der Waals surface area (Å²) in [6.45, 7) is 1.30. The van der Waals surface area contributed by atoms with E-state index in [9.17, 15) is 17.6 Å². The number of alkyl halides is 3. The van der Waals surface area contributed by atoms with Gasteiger partial charge >= 0.3 is 6.36 Å². The van der Waals surface area contributed by atoms with Crippen LogP contribution in [0.3, 0.4) is 0 Å². The predicted molar refractivity (Wildman–Crippen MR) is 113 cm³/mol. The highest BCUT2D eigenvalue weighted by atomic mass is 19.4. The molecule has 2 aliphatic rings. The van der Waals surface area contributed by atoms with E-state index in [1.165, 1.54) is 49.1 Å². The molecule has 0 aliphatic carbocycles. The van der Waals surface area contributed by atoms with Crippen LogP contribution < -0.4 is 4.74 Å². The fourth-order valence-electron chi connectivity index (χ4n) is 4.15. The number of ether oxygens (including phenoxy) is 1. The van der Waals surface area contributed by atoms with Gasteiger partial charge in [-0.2, -0.15) is 0 Å². The number of rotatable bonds is 4. The van der Waals surface area contributed by atoms with Crippen molar-refractivity contribution >= 4 is 12.2 Å². The summed E-state index contributed by atoms with van der Waals surface area (Å²) in [4.78, 5) is 19.3. The predicted octanol–water partition coefficient (Wildman–Crippen LogP) is 4.57. The molecule has 1 atom stereocenters. The molecule has 168 valence electrons. The van der Waals surface area contributed by atoms with Gasteiger partial charge in [0.1, 0.15) is 23.7 Å². The zero-order valence-corrected chi connectivity index (χ0v) is 17.1. The third-order valence-electron chi connectivity index (χ3n) is 5.57. The van der Waals surface area contributed by atoms with E-state index in [-0.39, 0.29) is 11.3 Å². The Kier molecular flexibility index (Phi) is 5.07. The topological polar surface area (TPSA) is 63.0 Å². The standard InChI is InChI=1S/C23H17F4N5O/c24-20-7-4-17(10-19(20)15-11-28-13-29-12-15)22(21-30-8-1-9-32(21)14-31-22)16-2-5-18(6-3-16)33-23(25,26)27/h2-7,10-14H,1,8-9H2. The second kappa shape index (κ2) is 7.95. The summed E-state index contributed by atoms with van der Waals surface area (Å²) in [6, 6.07) is 10.1. The van der Waals surface area contributed by atoms with Crippen molar-refractivity contribution in [1.29, 1.82) is 0 Å². The van der Waals surface area contributed by atoms with Gasteiger partial charge in [0.2, 0.25) is 0 Å². The molecule has 0 fully saturated rings. The highest BCUT2D eigenvalue weighted by Crippen LogP contribution is 2.42. The first-order chi connectivity index (χ1) is 15.9. The largest absolute Gasteiger partial charge is 0.573 e. The van der Waals surface area contributed by atoms with Gasteiger partial charge in [0.25, 0.3) is 0 Å². The third kappa shape index (κ3) is 3.81. The Balaban J connectivity index is 1.66. The molecule has 2 aromatic carbocycles. The van der Waals surface area contributed by atoms with Crippen LogP contribution in [-0.2, 0) is 5.54 Å². The molecule has 33 heavy (non-hydrogen) atoms. The minimum absolute atomic E-state index is 0.287. The molecule has 3 heterocycles. The summed E-state index contributed by atoms with van der Waals surface area (Å²) < 4.78 is 56.7. The molecule has 0 bridgehead atoms. The van der Waals surface area contributed by atoms with Crippen LogP contribution in [0.25, 0.3) is 11.1 Å². The van der Waals surface area contributed by atoms with E-state index in [2.05, 4.69) is 14.7 Å². The molecule has 1 aromatic heterocycles. The molecule has 0 N–H and O–H groups in total. The molecule has 1 unspecified atom stereocenters. The van der Waals surface area contributed by atoms with E-state index >= 15 is 0 Å². The molecule has 0 saturated heterocycles. The van der Waals surface area contributed by atoms with E-state index in [1.54, 1.807) is 18.5 Å². The number of aliphatic imine (C=N–C) groups is 2. The van der Waals surface area contributed by atoms with Crippen LogP contribution in [0.1, 0.15) is 17.5 Å². The average molecular weight is 455 g/mol. The van der Waals surface area contributed by atoms with Crippen molar-refractivity contribution in [1.82, 2.24) is 14.9 Å². The second-order valence-electron chi connectivity index (χ2n) is 7.60. The van der Waals surface area contributed by atoms with Crippen molar-refractivity contribution in [2.24, 2.45) is 9.98 Å². The molecule has 10 heteroatoms. The van der Waals surface area contributed by atoms with E-state index in [0.717, 1.165) is 6.42 Å². The van der Waals surface area contributed by atoms with Crippen molar-refractivity contribution in [3.05, 3.63) is 78.1 Å². The molecule has 6 nitrogen and oxygen atoms in total. The molecule has 3 aromatic rings. The number of aromatic nitrogens is 2. The lowest BCUT2D eigenvalue weighted by Crippen LogP contribution is -2.43. The highest BCUT2D eigenvalue weighted by molar-refractivity contribution is 6.07. The first kappa shape index (κ1) is 21.0. The van der Waals surface area contributed by atoms with Gasteiger partial charge in [0.05, 0.1) is 6.34 Å². The number of amidine groups is 1. The summed E-state index contributed by atoms with van der Waals surface area (Å²) in [5.41, 5.74) is 0.833. The van der Waals surface area contributed by atoms with Gasteiger partial charge < -0.3 is 9.64 Å². The number of benzene rings is 2. The summed E-state index contributed by atoms with van der Waals surface area (Å²) in [7, 11) is 0. The normalized spacial score (nSPS) is 19.9. The van der Waals surface area contributed by atoms with Crippen LogP contribution >= 0.6 is 0 Å². The van der Waals surface area contributed by atoms with Crippen molar-refractivity contribution in [2.75, 3.05) is 13.1 Å². The molecule has 0 spiro atoms. The van der Waals surface area contributed by atoms with Gasteiger partial charge in [-0.05, 0) is 41.8 Å². The van der Waals surface area contributed by atoms with Crippen LogP contribution in [0, 0.1) is 5.82 Å². The number of halogens is 4. The smallest absolute Gasteiger partial charge is 0.406 e. The molecule has 2 aliphatic heterocycles. The van der Waals surface area contributed by atoms with E-state index in [4.69, 9.17) is 9.98 Å².